The fraction of sp³-hybridized carbons (Fsp3) is 1.00. The fourth-order valence-electron chi connectivity index (χ4n) is 0.955. The third-order valence-corrected chi connectivity index (χ3v) is 1.22. The average Bonchev–Trinajstić information content (AvgIpc) is 1.99. The van der Waals surface area contributed by atoms with Gasteiger partial charge in [0.1, 0.15) is 0 Å². The normalized spacial score (nSPS) is 10.2. The molecule has 0 saturated heterocycles. The van der Waals surface area contributed by atoms with E-state index in [1.807, 2.05) is 6.92 Å². The van der Waals surface area contributed by atoms with Crippen LogP contribution in [0.5, 0.6) is 0 Å². The lowest BCUT2D eigenvalue weighted by molar-refractivity contribution is 0.148. The minimum Gasteiger partial charge on any atom is -0.382 e. The first-order valence-corrected chi connectivity index (χ1v) is 5.38. The standard InChI is InChI=1S/C6H15N.C5H12O/c1-5(2)7-6(3)4;1-3-5-6-4-2/h5-7H,1-4H3;3-5H2,1-2H3. The Morgan fingerprint density at radius 2 is 1.46 bits per heavy atom. The first-order chi connectivity index (χ1) is 6.04. The van der Waals surface area contributed by atoms with Crippen molar-refractivity contribution in [3.63, 3.8) is 0 Å². The third-order valence-electron chi connectivity index (χ3n) is 1.22. The Morgan fingerprint density at radius 1 is 1.00 bits per heavy atom. The largest absolute Gasteiger partial charge is 0.382 e. The average molecular weight is 189 g/mol. The number of rotatable bonds is 5. The molecule has 0 unspecified atom stereocenters. The molecule has 0 bridgehead atoms. The highest BCUT2D eigenvalue weighted by Gasteiger charge is 1.92. The van der Waals surface area contributed by atoms with Crippen LogP contribution in [0.2, 0.25) is 0 Å². The first-order valence-electron chi connectivity index (χ1n) is 5.38. The summed E-state index contributed by atoms with van der Waals surface area (Å²) in [6.45, 7) is 14.5. The van der Waals surface area contributed by atoms with Crippen LogP contribution in [-0.2, 0) is 4.74 Å². The molecule has 2 nitrogen and oxygen atoms in total. The van der Waals surface area contributed by atoms with Crippen molar-refractivity contribution in [3.05, 3.63) is 0 Å². The molecule has 0 spiro atoms. The molecule has 1 N–H and O–H groups in total. The van der Waals surface area contributed by atoms with E-state index in [9.17, 15) is 0 Å². The Labute approximate surface area is 84.1 Å². The van der Waals surface area contributed by atoms with Crippen LogP contribution in [0.3, 0.4) is 0 Å². The van der Waals surface area contributed by atoms with E-state index in [0.717, 1.165) is 19.6 Å². The van der Waals surface area contributed by atoms with Gasteiger partial charge in [-0.1, -0.05) is 34.6 Å². The highest BCUT2D eigenvalue weighted by atomic mass is 16.5. The molecule has 82 valence electrons. The lowest BCUT2D eigenvalue weighted by atomic mass is 10.3. The molecule has 2 heteroatoms. The predicted octanol–water partition coefficient (Wildman–Crippen LogP) is 2.83. The van der Waals surface area contributed by atoms with Crippen molar-refractivity contribution < 1.29 is 4.74 Å². The van der Waals surface area contributed by atoms with Crippen LogP contribution in [0.1, 0.15) is 48.0 Å². The van der Waals surface area contributed by atoms with Crippen LogP contribution < -0.4 is 5.32 Å². The van der Waals surface area contributed by atoms with Gasteiger partial charge in [0.15, 0.2) is 0 Å². The molecule has 0 fully saturated rings. The zero-order valence-corrected chi connectivity index (χ0v) is 10.2. The van der Waals surface area contributed by atoms with Crippen LogP contribution in [0.15, 0.2) is 0 Å². The number of hydrogen-bond acceptors (Lipinski definition) is 2. The van der Waals surface area contributed by atoms with Gasteiger partial charge in [-0.2, -0.15) is 0 Å². The lowest BCUT2D eigenvalue weighted by Gasteiger charge is -2.10. The van der Waals surface area contributed by atoms with Gasteiger partial charge in [-0.05, 0) is 13.3 Å². The van der Waals surface area contributed by atoms with Crippen LogP contribution in [0, 0.1) is 0 Å². The summed E-state index contributed by atoms with van der Waals surface area (Å²) in [6.07, 6.45) is 1.13. The quantitative estimate of drug-likeness (QED) is 0.671. The van der Waals surface area contributed by atoms with Crippen LogP contribution in [0.25, 0.3) is 0 Å². The second-order valence-corrected chi connectivity index (χ2v) is 3.67. The fourth-order valence-corrected chi connectivity index (χ4v) is 0.955. The number of nitrogens with one attached hydrogen (secondary N) is 1. The van der Waals surface area contributed by atoms with E-state index in [2.05, 4.69) is 39.9 Å². The van der Waals surface area contributed by atoms with E-state index in [4.69, 9.17) is 4.74 Å². The molecule has 0 atom stereocenters. The van der Waals surface area contributed by atoms with Gasteiger partial charge in [0.25, 0.3) is 0 Å². The Balaban J connectivity index is 0. The van der Waals surface area contributed by atoms with Crippen LogP contribution in [-0.4, -0.2) is 25.3 Å². The van der Waals surface area contributed by atoms with Gasteiger partial charge in [0.2, 0.25) is 0 Å². The van der Waals surface area contributed by atoms with E-state index in [1.54, 1.807) is 0 Å². The van der Waals surface area contributed by atoms with Crippen molar-refractivity contribution in [2.24, 2.45) is 0 Å². The van der Waals surface area contributed by atoms with E-state index < -0.39 is 0 Å². The van der Waals surface area contributed by atoms with E-state index in [1.165, 1.54) is 0 Å². The predicted molar refractivity (Wildman–Crippen MR) is 60.2 cm³/mol. The Kier molecular flexibility index (Phi) is 14.1. The smallest absolute Gasteiger partial charge is 0.0463 e. The molecule has 0 aromatic rings. The Bertz CT molecular complexity index is 72.2. The molecular formula is C11H27NO. The van der Waals surface area contributed by atoms with Gasteiger partial charge in [-0.25, -0.2) is 0 Å². The monoisotopic (exact) mass is 189 g/mol. The van der Waals surface area contributed by atoms with Crippen molar-refractivity contribution in [1.82, 2.24) is 5.32 Å². The molecule has 13 heavy (non-hydrogen) atoms. The highest BCUT2D eigenvalue weighted by Crippen LogP contribution is 1.80. The van der Waals surface area contributed by atoms with Gasteiger partial charge >= 0.3 is 0 Å². The molecule has 0 heterocycles. The summed E-state index contributed by atoms with van der Waals surface area (Å²) in [7, 11) is 0. The van der Waals surface area contributed by atoms with Gasteiger partial charge in [0, 0.05) is 25.3 Å². The summed E-state index contributed by atoms with van der Waals surface area (Å²) in [6, 6.07) is 1.25. The topological polar surface area (TPSA) is 21.3 Å². The summed E-state index contributed by atoms with van der Waals surface area (Å²) in [5.74, 6) is 0. The van der Waals surface area contributed by atoms with Gasteiger partial charge in [0.05, 0.1) is 0 Å². The second kappa shape index (κ2) is 11.9. The summed E-state index contributed by atoms with van der Waals surface area (Å²) in [4.78, 5) is 0. The molecule has 0 radical (unpaired) electrons. The van der Waals surface area contributed by atoms with E-state index in [0.29, 0.717) is 12.1 Å². The van der Waals surface area contributed by atoms with Gasteiger partial charge in [-0.3, -0.25) is 0 Å². The van der Waals surface area contributed by atoms with Crippen LogP contribution >= 0.6 is 0 Å². The molecule has 0 rings (SSSR count). The van der Waals surface area contributed by atoms with E-state index >= 15 is 0 Å². The molecule has 0 aliphatic carbocycles. The molecule has 0 aromatic carbocycles. The van der Waals surface area contributed by atoms with E-state index in [-0.39, 0.29) is 0 Å². The van der Waals surface area contributed by atoms with Crippen molar-refractivity contribution in [1.29, 1.82) is 0 Å². The maximum absolute atomic E-state index is 4.98. The minimum absolute atomic E-state index is 0.625. The maximum atomic E-state index is 4.98. The van der Waals surface area contributed by atoms with Gasteiger partial charge < -0.3 is 10.1 Å². The van der Waals surface area contributed by atoms with Crippen molar-refractivity contribution in [3.8, 4) is 0 Å². The van der Waals surface area contributed by atoms with Crippen LogP contribution in [0.4, 0.5) is 0 Å². The summed E-state index contributed by atoms with van der Waals surface area (Å²) in [5.41, 5.74) is 0. The SMILES string of the molecule is CC(C)NC(C)C.CCCOCC. The van der Waals surface area contributed by atoms with Crippen molar-refractivity contribution >= 4 is 0 Å². The number of ether oxygens (including phenoxy) is 1. The number of hydrogen-bond donors (Lipinski definition) is 1. The minimum atomic E-state index is 0.625. The zero-order chi connectivity index (χ0) is 10.7. The van der Waals surface area contributed by atoms with Gasteiger partial charge in [-0.15, -0.1) is 0 Å². The second-order valence-electron chi connectivity index (χ2n) is 3.67. The van der Waals surface area contributed by atoms with Crippen molar-refractivity contribution in [2.75, 3.05) is 13.2 Å². The molecule has 0 saturated carbocycles. The first kappa shape index (κ1) is 15.4. The summed E-state index contributed by atoms with van der Waals surface area (Å²) >= 11 is 0. The highest BCUT2D eigenvalue weighted by molar-refractivity contribution is 4.55. The Hall–Kier alpha value is -0.0800. The van der Waals surface area contributed by atoms with Crippen molar-refractivity contribution in [2.45, 2.75) is 60.0 Å². The molecule has 0 aliphatic heterocycles. The molecule has 0 amide bonds. The summed E-state index contributed by atoms with van der Waals surface area (Å²) < 4.78 is 4.98. The third kappa shape index (κ3) is 24.5. The molecule has 0 aliphatic rings. The zero-order valence-electron chi connectivity index (χ0n) is 10.2. The summed E-state index contributed by atoms with van der Waals surface area (Å²) in [5, 5.41) is 3.31. The molecule has 0 aromatic heterocycles. The Morgan fingerprint density at radius 3 is 1.54 bits per heavy atom. The molecular weight excluding hydrogens is 162 g/mol. The maximum Gasteiger partial charge on any atom is 0.0463 e. The lowest BCUT2D eigenvalue weighted by Crippen LogP contribution is -2.29.